The van der Waals surface area contributed by atoms with Crippen LogP contribution < -0.4 is 0 Å². The van der Waals surface area contributed by atoms with Gasteiger partial charge in [0.1, 0.15) is 5.82 Å². The Kier molecular flexibility index (Phi) is 4.72. The van der Waals surface area contributed by atoms with Gasteiger partial charge in [-0.25, -0.2) is 27.5 Å². The van der Waals surface area contributed by atoms with Crippen molar-refractivity contribution >= 4 is 9.84 Å². The maximum absolute atomic E-state index is 13.1. The molecule has 4 rings (SSSR count). The Hall–Kier alpha value is -2.65. The highest BCUT2D eigenvalue weighted by molar-refractivity contribution is 7.90. The summed E-state index contributed by atoms with van der Waals surface area (Å²) in [7, 11) is -3.40. The van der Waals surface area contributed by atoms with E-state index in [1.54, 1.807) is 23.0 Å². The van der Waals surface area contributed by atoms with Crippen LogP contribution in [0.1, 0.15) is 22.5 Å². The van der Waals surface area contributed by atoms with Gasteiger partial charge < -0.3 is 0 Å². The molecule has 7 nitrogen and oxygen atoms in total. The number of sulfone groups is 1. The molecule has 28 heavy (non-hydrogen) atoms. The first-order valence-electron chi connectivity index (χ1n) is 8.88. The van der Waals surface area contributed by atoms with Gasteiger partial charge in [-0.3, -0.25) is 4.90 Å². The smallest absolute Gasteiger partial charge is 0.246 e. The molecule has 0 saturated heterocycles. The van der Waals surface area contributed by atoms with Crippen molar-refractivity contribution in [3.63, 3.8) is 0 Å². The van der Waals surface area contributed by atoms with E-state index in [1.165, 1.54) is 12.1 Å². The fourth-order valence-electron chi connectivity index (χ4n) is 3.35. The van der Waals surface area contributed by atoms with E-state index in [4.69, 9.17) is 0 Å². The van der Waals surface area contributed by atoms with E-state index in [0.717, 1.165) is 41.0 Å². The minimum atomic E-state index is -3.40. The second kappa shape index (κ2) is 7.06. The van der Waals surface area contributed by atoms with Gasteiger partial charge in [-0.15, -0.1) is 0 Å². The molecule has 9 heteroatoms. The molecule has 0 spiro atoms. The molecule has 0 fully saturated rings. The minimum Gasteiger partial charge on any atom is -0.294 e. The molecular formula is C19H20FN5O2S. The van der Waals surface area contributed by atoms with Crippen molar-refractivity contribution in [2.24, 2.45) is 0 Å². The zero-order valence-corrected chi connectivity index (χ0v) is 16.4. The molecular weight excluding hydrogens is 381 g/mol. The monoisotopic (exact) mass is 401 g/mol. The van der Waals surface area contributed by atoms with Gasteiger partial charge in [-0.2, -0.15) is 5.10 Å². The lowest BCUT2D eigenvalue weighted by Gasteiger charge is -2.27. The number of halogens is 1. The van der Waals surface area contributed by atoms with Gasteiger partial charge in [0.2, 0.25) is 15.0 Å². The predicted octanol–water partition coefficient (Wildman–Crippen LogP) is 2.07. The summed E-state index contributed by atoms with van der Waals surface area (Å²) in [5.41, 5.74) is 4.64. The van der Waals surface area contributed by atoms with Crippen molar-refractivity contribution in [2.75, 3.05) is 12.8 Å². The fraction of sp³-hybridized carbons (Fsp3) is 0.316. The lowest BCUT2D eigenvalue weighted by Crippen LogP contribution is -2.31. The summed E-state index contributed by atoms with van der Waals surface area (Å²) in [6.45, 7) is 4.13. The quantitative estimate of drug-likeness (QED) is 0.623. The van der Waals surface area contributed by atoms with Crippen molar-refractivity contribution in [1.82, 2.24) is 24.6 Å². The van der Waals surface area contributed by atoms with Gasteiger partial charge in [-0.1, -0.05) is 0 Å². The molecule has 0 radical (unpaired) electrons. The SMILES string of the molecule is Cc1c(CN2CCc3nc(S(C)(=O)=O)ncc3C2)cnn1-c1ccc(F)cc1. The van der Waals surface area contributed by atoms with Crippen LogP contribution in [0.2, 0.25) is 0 Å². The molecule has 0 bridgehead atoms. The summed E-state index contributed by atoms with van der Waals surface area (Å²) in [5.74, 6) is -0.276. The van der Waals surface area contributed by atoms with Gasteiger partial charge in [0.15, 0.2) is 0 Å². The van der Waals surface area contributed by atoms with Crippen molar-refractivity contribution in [3.8, 4) is 5.69 Å². The van der Waals surface area contributed by atoms with Crippen LogP contribution in [0.4, 0.5) is 4.39 Å². The third kappa shape index (κ3) is 3.67. The highest BCUT2D eigenvalue weighted by Gasteiger charge is 2.22. The molecule has 1 aliphatic rings. The Morgan fingerprint density at radius 1 is 1.18 bits per heavy atom. The number of hydrogen-bond acceptors (Lipinski definition) is 6. The molecule has 0 N–H and O–H groups in total. The highest BCUT2D eigenvalue weighted by Crippen LogP contribution is 2.22. The van der Waals surface area contributed by atoms with Crippen molar-refractivity contribution < 1.29 is 12.8 Å². The first kappa shape index (κ1) is 18.7. The van der Waals surface area contributed by atoms with Crippen molar-refractivity contribution in [3.05, 3.63) is 65.0 Å². The van der Waals surface area contributed by atoms with Gasteiger partial charge >= 0.3 is 0 Å². The molecule has 146 valence electrons. The first-order chi connectivity index (χ1) is 13.3. The summed E-state index contributed by atoms with van der Waals surface area (Å²) in [5, 5.41) is 4.33. The molecule has 0 saturated carbocycles. The molecule has 0 unspecified atom stereocenters. The second-order valence-corrected chi connectivity index (χ2v) is 8.91. The van der Waals surface area contributed by atoms with E-state index in [1.807, 2.05) is 13.1 Å². The van der Waals surface area contributed by atoms with E-state index >= 15 is 0 Å². The van der Waals surface area contributed by atoms with Crippen molar-refractivity contribution in [2.45, 2.75) is 31.6 Å². The third-order valence-electron chi connectivity index (χ3n) is 4.90. The van der Waals surface area contributed by atoms with Crippen molar-refractivity contribution in [1.29, 1.82) is 0 Å². The van der Waals surface area contributed by atoms with Crippen LogP contribution in [-0.4, -0.2) is 45.9 Å². The fourth-order valence-corrected chi connectivity index (χ4v) is 3.87. The van der Waals surface area contributed by atoms with Crippen LogP contribution in [0.5, 0.6) is 0 Å². The van der Waals surface area contributed by atoms with Crippen LogP contribution in [0.3, 0.4) is 0 Å². The largest absolute Gasteiger partial charge is 0.294 e. The van der Waals surface area contributed by atoms with Gasteiger partial charge in [0, 0.05) is 55.3 Å². The number of rotatable bonds is 4. The van der Waals surface area contributed by atoms with Crippen LogP contribution in [-0.2, 0) is 29.3 Å². The molecule has 3 heterocycles. The molecule has 1 aliphatic heterocycles. The van der Waals surface area contributed by atoms with Crippen LogP contribution >= 0.6 is 0 Å². The third-order valence-corrected chi connectivity index (χ3v) is 5.76. The number of hydrogen-bond donors (Lipinski definition) is 0. The average Bonchev–Trinajstić information content (AvgIpc) is 3.01. The Labute approximate surface area is 162 Å². The van der Waals surface area contributed by atoms with E-state index in [9.17, 15) is 12.8 Å². The van der Waals surface area contributed by atoms with Crippen LogP contribution in [0.25, 0.3) is 5.69 Å². The van der Waals surface area contributed by atoms with Gasteiger partial charge in [0.25, 0.3) is 0 Å². The maximum Gasteiger partial charge on any atom is 0.246 e. The zero-order valence-electron chi connectivity index (χ0n) is 15.6. The van der Waals surface area contributed by atoms with Crippen LogP contribution in [0, 0.1) is 12.7 Å². The number of aromatic nitrogens is 4. The highest BCUT2D eigenvalue weighted by atomic mass is 32.2. The summed E-state index contributed by atoms with van der Waals surface area (Å²) in [6, 6.07) is 6.24. The lowest BCUT2D eigenvalue weighted by molar-refractivity contribution is 0.241. The summed E-state index contributed by atoms with van der Waals surface area (Å²) < 4.78 is 38.2. The normalized spacial score (nSPS) is 14.8. The summed E-state index contributed by atoms with van der Waals surface area (Å²) >= 11 is 0. The van der Waals surface area contributed by atoms with E-state index < -0.39 is 9.84 Å². The summed E-state index contributed by atoms with van der Waals surface area (Å²) in [4.78, 5) is 10.5. The Bertz CT molecular complexity index is 1130. The lowest BCUT2D eigenvalue weighted by atomic mass is 10.1. The number of benzene rings is 1. The molecule has 0 atom stereocenters. The predicted molar refractivity (Wildman–Crippen MR) is 101 cm³/mol. The topological polar surface area (TPSA) is 81.0 Å². The van der Waals surface area contributed by atoms with E-state index in [2.05, 4.69) is 20.0 Å². The van der Waals surface area contributed by atoms with Crippen LogP contribution in [0.15, 0.2) is 41.8 Å². The Morgan fingerprint density at radius 2 is 1.93 bits per heavy atom. The summed E-state index contributed by atoms with van der Waals surface area (Å²) in [6.07, 6.45) is 5.23. The van der Waals surface area contributed by atoms with E-state index in [0.29, 0.717) is 19.5 Å². The Balaban J connectivity index is 1.51. The zero-order chi connectivity index (χ0) is 19.9. The standard InChI is InChI=1S/C19H20FN5O2S/c1-13-14(10-22-25(13)17-5-3-16(20)4-6-17)11-24-8-7-18-15(12-24)9-21-19(23-18)28(2,26)27/h3-6,9-10H,7-8,11-12H2,1-2H3. The van der Waals surface area contributed by atoms with Gasteiger partial charge in [-0.05, 0) is 31.2 Å². The number of fused-ring (bicyclic) bond motifs is 1. The molecule has 0 aliphatic carbocycles. The Morgan fingerprint density at radius 3 is 2.64 bits per heavy atom. The second-order valence-electron chi connectivity index (χ2n) is 7.00. The molecule has 2 aromatic heterocycles. The minimum absolute atomic E-state index is 0.115. The molecule has 0 amide bonds. The average molecular weight is 401 g/mol. The van der Waals surface area contributed by atoms with E-state index in [-0.39, 0.29) is 11.0 Å². The first-order valence-corrected chi connectivity index (χ1v) is 10.8. The number of nitrogens with zero attached hydrogens (tertiary/aromatic N) is 5. The molecule has 3 aromatic rings. The molecule has 1 aromatic carbocycles. The van der Waals surface area contributed by atoms with Gasteiger partial charge in [0.05, 0.1) is 17.6 Å². The maximum atomic E-state index is 13.1.